The zero-order valence-corrected chi connectivity index (χ0v) is 67.1. The minimum absolute atomic E-state index is 0.0923. The molecule has 0 radical (unpaired) electrons. The molecule has 0 aromatic rings. The molecule has 0 spiro atoms. The van der Waals surface area contributed by atoms with Crippen molar-refractivity contribution >= 4 is 66.2 Å². The Labute approximate surface area is 639 Å². The normalized spacial score (nSPS) is 13.2. The second-order valence-corrected chi connectivity index (χ2v) is 28.7. The number of nitrogens with zero attached hydrogens (tertiary/aromatic N) is 4. The fourth-order valence-electron chi connectivity index (χ4n) is 11.8. The summed E-state index contributed by atoms with van der Waals surface area (Å²) in [5.74, 6) is -4.33. The molecular weight excluding hydrogens is 1320 g/mol. The molecule has 0 unspecified atom stereocenters. The van der Waals surface area contributed by atoms with Crippen LogP contribution in [0, 0.1) is 0 Å². The Morgan fingerprint density at radius 3 is 0.819 bits per heavy atom. The summed E-state index contributed by atoms with van der Waals surface area (Å²) < 4.78 is 0. The van der Waals surface area contributed by atoms with Crippen LogP contribution >= 0.6 is 0 Å². The van der Waals surface area contributed by atoms with Crippen LogP contribution in [0.15, 0.2) is 69.0 Å². The van der Waals surface area contributed by atoms with Crippen LogP contribution in [0.5, 0.6) is 0 Å². The molecule has 0 fully saturated rings. The number of allylic oxidation sites excluding steroid dienone is 8. The Morgan fingerprint density at radius 1 is 0.267 bits per heavy atom. The number of nitrogens with two attached hydrogens (primary N) is 2. The lowest BCUT2D eigenvalue weighted by Gasteiger charge is -2.24. The fourth-order valence-corrected chi connectivity index (χ4v) is 11.8. The summed E-state index contributed by atoms with van der Waals surface area (Å²) in [7, 11) is 0. The molecule has 602 valence electrons. The smallest absolute Gasteiger partial charge is 0.262 e. The number of carbonyl (C=O) groups is 7. The van der Waals surface area contributed by atoms with Gasteiger partial charge < -0.3 is 27.4 Å². The van der Waals surface area contributed by atoms with Crippen molar-refractivity contribution in [3.05, 3.63) is 48.6 Å². The summed E-state index contributed by atoms with van der Waals surface area (Å²) in [5.41, 5.74) is 22.3. The van der Waals surface area contributed by atoms with Gasteiger partial charge in [0.2, 0.25) is 29.5 Å². The van der Waals surface area contributed by atoms with E-state index in [0.717, 1.165) is 116 Å². The molecule has 0 rings (SSSR count). The maximum atomic E-state index is 14.5. The summed E-state index contributed by atoms with van der Waals surface area (Å²) in [6.45, 7) is 9.27. The van der Waals surface area contributed by atoms with E-state index in [2.05, 4.69) is 134 Å². The number of rotatable bonds is 76. The number of hydrogen-bond donors (Lipinski definition) is 9. The summed E-state index contributed by atoms with van der Waals surface area (Å²) in [6, 6.07) is -4.91. The van der Waals surface area contributed by atoms with Crippen LogP contribution in [-0.2, 0) is 33.6 Å². The number of amides is 7. The van der Waals surface area contributed by atoms with Gasteiger partial charge in [0, 0.05) is 44.1 Å². The summed E-state index contributed by atoms with van der Waals surface area (Å²) in [6.07, 6.45) is 79.0. The molecule has 105 heavy (non-hydrogen) atoms. The summed E-state index contributed by atoms with van der Waals surface area (Å²) in [5, 5.41) is 24.9. The summed E-state index contributed by atoms with van der Waals surface area (Å²) >= 11 is 0. The van der Waals surface area contributed by atoms with Gasteiger partial charge in [0.1, 0.15) is 18.1 Å². The van der Waals surface area contributed by atoms with Gasteiger partial charge in [-0.1, -0.05) is 263 Å². The van der Waals surface area contributed by atoms with Crippen LogP contribution in [0.3, 0.4) is 0 Å². The van der Waals surface area contributed by atoms with E-state index in [1.54, 1.807) is 24.9 Å². The SMILES string of the molecule is CCCC/C=C\CCCCCCCCC/C=N/NC(=O)CC[C@H](NC(=O)CC[C@H](NC(=O)[C@@H](N)CCCCN)C(=O)N[C@@H](CCC(=O)N/N=C/CCCCCCCCC/C=C\CCCC)C(=O)N/N=C/CCCCCCCCC/C=C\CCCC)C(=O)N/N=C/CCCCCCCCC/C=C\CCCC. The third-order valence-corrected chi connectivity index (χ3v) is 18.7. The monoisotopic (exact) mass is 1470 g/mol. The first-order valence-corrected chi connectivity index (χ1v) is 42.6. The quantitative estimate of drug-likeness (QED) is 0.0121. The van der Waals surface area contributed by atoms with Crippen molar-refractivity contribution in [3.63, 3.8) is 0 Å². The highest BCUT2D eigenvalue weighted by atomic mass is 16.2. The molecule has 0 aromatic carbocycles. The first kappa shape index (κ1) is 98.8. The Bertz CT molecular complexity index is 2360. The van der Waals surface area contributed by atoms with Crippen LogP contribution in [-0.4, -0.2) is 96.9 Å². The Kier molecular flexibility index (Phi) is 74.3. The molecule has 20 nitrogen and oxygen atoms in total. The zero-order chi connectivity index (χ0) is 76.6. The van der Waals surface area contributed by atoms with E-state index < -0.39 is 65.5 Å². The topological polar surface area (TPSA) is 305 Å². The van der Waals surface area contributed by atoms with Crippen LogP contribution in [0.25, 0.3) is 0 Å². The van der Waals surface area contributed by atoms with E-state index in [9.17, 15) is 33.6 Å². The highest BCUT2D eigenvalue weighted by Gasteiger charge is 2.30. The molecule has 0 aromatic heterocycles. The fraction of sp³-hybridized carbons (Fsp3) is 0.776. The molecular formula is C85H155N13O7. The van der Waals surface area contributed by atoms with E-state index >= 15 is 0 Å². The molecule has 0 bridgehead atoms. The van der Waals surface area contributed by atoms with E-state index in [0.29, 0.717) is 45.1 Å². The first-order valence-electron chi connectivity index (χ1n) is 42.6. The largest absolute Gasteiger partial charge is 0.344 e. The second kappa shape index (κ2) is 78.9. The van der Waals surface area contributed by atoms with Crippen molar-refractivity contribution in [2.45, 2.75) is 418 Å². The third kappa shape index (κ3) is 69.4. The van der Waals surface area contributed by atoms with Gasteiger partial charge in [0.15, 0.2) is 0 Å². The minimum atomic E-state index is -1.39. The molecule has 4 atom stereocenters. The molecule has 0 saturated heterocycles. The van der Waals surface area contributed by atoms with E-state index in [1.165, 1.54) is 167 Å². The van der Waals surface area contributed by atoms with Crippen molar-refractivity contribution in [2.24, 2.45) is 31.9 Å². The molecule has 0 heterocycles. The molecule has 0 aliphatic heterocycles. The molecule has 7 amide bonds. The second-order valence-electron chi connectivity index (χ2n) is 28.7. The van der Waals surface area contributed by atoms with Crippen molar-refractivity contribution in [2.75, 3.05) is 6.54 Å². The van der Waals surface area contributed by atoms with Gasteiger partial charge in [-0.25, -0.2) is 21.7 Å². The number of nitrogens with one attached hydrogen (secondary N) is 7. The van der Waals surface area contributed by atoms with Gasteiger partial charge in [-0.15, -0.1) is 0 Å². The van der Waals surface area contributed by atoms with Crippen LogP contribution in [0.1, 0.15) is 394 Å². The number of unbranched alkanes of at least 4 members (excludes halogenated alkanes) is 41. The van der Waals surface area contributed by atoms with E-state index in [4.69, 9.17) is 11.5 Å². The van der Waals surface area contributed by atoms with E-state index in [-0.39, 0.29) is 44.9 Å². The zero-order valence-electron chi connectivity index (χ0n) is 67.1. The first-order chi connectivity index (χ1) is 51.4. The van der Waals surface area contributed by atoms with Gasteiger partial charge in [0.05, 0.1) is 6.04 Å². The van der Waals surface area contributed by atoms with Gasteiger partial charge in [0.25, 0.3) is 11.8 Å². The third-order valence-electron chi connectivity index (χ3n) is 18.7. The van der Waals surface area contributed by atoms with Crippen molar-refractivity contribution in [1.82, 2.24) is 37.7 Å². The summed E-state index contributed by atoms with van der Waals surface area (Å²) in [4.78, 5) is 96.3. The molecule has 0 aliphatic rings. The Balaban J connectivity index is 6.19. The Morgan fingerprint density at radius 2 is 0.514 bits per heavy atom. The minimum Gasteiger partial charge on any atom is -0.344 e. The predicted octanol–water partition coefficient (Wildman–Crippen LogP) is 18.7. The van der Waals surface area contributed by atoms with Gasteiger partial charge in [-0.05, 0) is 167 Å². The lowest BCUT2D eigenvalue weighted by atomic mass is 10.0. The molecule has 11 N–H and O–H groups in total. The van der Waals surface area contributed by atoms with Crippen molar-refractivity contribution < 1.29 is 33.6 Å². The highest BCUT2D eigenvalue weighted by molar-refractivity contribution is 5.94. The lowest BCUT2D eigenvalue weighted by Crippen LogP contribution is -2.56. The number of carbonyl (C=O) groups excluding carboxylic acids is 7. The molecule has 20 heteroatoms. The highest BCUT2D eigenvalue weighted by Crippen LogP contribution is 2.16. The van der Waals surface area contributed by atoms with Crippen molar-refractivity contribution in [3.8, 4) is 0 Å². The number of hydrazone groups is 4. The van der Waals surface area contributed by atoms with E-state index in [1.807, 2.05) is 0 Å². The average molecular weight is 1470 g/mol. The Hall–Kier alpha value is -6.15. The maximum Gasteiger partial charge on any atom is 0.262 e. The standard InChI is InChI=1S/C85H155N13O7/c1-5-9-13-17-21-25-29-33-37-41-45-49-53-59-71-88-95-80(100)68-65-77(84(104)97-90-73-61-55-51-47-43-39-35-31-27-23-19-15-11-7-3)92-79(99)67-64-76(93-82(102)75(87)63-57-58-70-86)83(103)94-78(85(105)98-91-74-62-56-52-48-44-40-36-32-28-24-20-16-12-8-4)66-69-81(101)96-89-72-60-54-50-46-42-38-34-30-26-22-18-14-10-6-2/h17-24,71-78H,5-16,25-70,86-87H2,1-4H3,(H,92,99)(H,93,102)(H,94,103)(H,95,100)(H,96,101)(H,97,104)(H,98,105)/b21-17-,22-18-,23-19-,24-20-,88-71+,89-72+,90-73+,91-74+/t75-,76-,77-,78-/m0/s1. The maximum absolute atomic E-state index is 14.5. The van der Waals surface area contributed by atoms with Crippen LogP contribution in [0.4, 0.5) is 0 Å². The molecule has 0 saturated carbocycles. The molecule has 0 aliphatic carbocycles. The van der Waals surface area contributed by atoms with Crippen LogP contribution in [0.2, 0.25) is 0 Å². The predicted molar refractivity (Wildman–Crippen MR) is 442 cm³/mol. The van der Waals surface area contributed by atoms with Crippen molar-refractivity contribution in [1.29, 1.82) is 0 Å². The van der Waals surface area contributed by atoms with Gasteiger partial charge in [-0.2, -0.15) is 20.4 Å². The van der Waals surface area contributed by atoms with Gasteiger partial charge in [-0.3, -0.25) is 33.6 Å². The average Bonchev–Trinajstić information content (AvgIpc) is 0.878. The number of hydrogen-bond acceptors (Lipinski definition) is 13. The lowest BCUT2D eigenvalue weighted by molar-refractivity contribution is -0.133. The van der Waals surface area contributed by atoms with Gasteiger partial charge >= 0.3 is 0 Å². The van der Waals surface area contributed by atoms with Crippen LogP contribution < -0.4 is 49.1 Å².